The number of rotatable bonds is 8. The van der Waals surface area contributed by atoms with Crippen LogP contribution in [0.2, 0.25) is 0 Å². The molecule has 0 aromatic heterocycles. The fourth-order valence-corrected chi connectivity index (χ4v) is 4.02. The van der Waals surface area contributed by atoms with Crippen LogP contribution in [0.4, 0.5) is 0 Å². The minimum absolute atomic E-state index is 0.0334. The van der Waals surface area contributed by atoms with E-state index < -0.39 is 15.9 Å². The highest BCUT2D eigenvalue weighted by molar-refractivity contribution is 7.90. The van der Waals surface area contributed by atoms with Crippen molar-refractivity contribution in [1.29, 1.82) is 0 Å². The summed E-state index contributed by atoms with van der Waals surface area (Å²) in [6.07, 6.45) is 1.36. The van der Waals surface area contributed by atoms with Gasteiger partial charge in [-0.15, -0.1) is 0 Å². The van der Waals surface area contributed by atoms with Crippen molar-refractivity contribution in [2.75, 3.05) is 18.8 Å². The summed E-state index contributed by atoms with van der Waals surface area (Å²) >= 11 is 0. The van der Waals surface area contributed by atoms with E-state index in [1.54, 1.807) is 12.1 Å². The Morgan fingerprint density at radius 1 is 1.26 bits per heavy atom. The van der Waals surface area contributed by atoms with Gasteiger partial charge in [-0.25, -0.2) is 8.42 Å². The second-order valence-corrected chi connectivity index (χ2v) is 7.97. The Kier molecular flexibility index (Phi) is 6.56. The number of nitrogens with one attached hydrogen (secondary N) is 1. The molecule has 3 N–H and O–H groups in total. The summed E-state index contributed by atoms with van der Waals surface area (Å²) < 4.78 is 29.6. The third-order valence-electron chi connectivity index (χ3n) is 3.82. The Bertz CT molecular complexity index is 604. The van der Waals surface area contributed by atoms with E-state index in [0.29, 0.717) is 25.9 Å². The van der Waals surface area contributed by atoms with Gasteiger partial charge < -0.3 is 15.8 Å². The Hall–Kier alpha value is -1.44. The molecular weight excluding hydrogens is 316 g/mol. The van der Waals surface area contributed by atoms with Crippen LogP contribution in [0.3, 0.4) is 0 Å². The number of hydrogen-bond acceptors (Lipinski definition) is 5. The van der Waals surface area contributed by atoms with E-state index in [4.69, 9.17) is 10.5 Å². The minimum Gasteiger partial charge on any atom is -0.364 e. The molecule has 0 saturated carbocycles. The van der Waals surface area contributed by atoms with Crippen molar-refractivity contribution in [3.05, 3.63) is 35.9 Å². The smallest absolute Gasteiger partial charge is 0.249 e. The molecule has 2 atom stereocenters. The van der Waals surface area contributed by atoms with Gasteiger partial charge in [0.25, 0.3) is 0 Å². The normalized spacial score (nSPS) is 21.3. The maximum absolute atomic E-state index is 12.0. The van der Waals surface area contributed by atoms with E-state index in [-0.39, 0.29) is 23.5 Å². The van der Waals surface area contributed by atoms with E-state index in [9.17, 15) is 13.2 Å². The largest absolute Gasteiger partial charge is 0.364 e. The number of nitrogens with two attached hydrogens (primary N) is 1. The van der Waals surface area contributed by atoms with Crippen molar-refractivity contribution in [1.82, 2.24) is 5.32 Å². The van der Waals surface area contributed by atoms with Crippen LogP contribution >= 0.6 is 0 Å². The second-order valence-electron chi connectivity index (χ2n) is 5.78. The third-order valence-corrected chi connectivity index (χ3v) is 5.51. The zero-order chi connectivity index (χ0) is 16.7. The second kappa shape index (κ2) is 8.42. The van der Waals surface area contributed by atoms with Crippen LogP contribution in [0.1, 0.15) is 24.8 Å². The lowest BCUT2D eigenvalue weighted by Crippen LogP contribution is -2.36. The standard InChI is InChI=1S/C16H24N2O4S/c17-11-14-7-8-15(22-14)16(19)18-9-4-10-23(20,21)12-13-5-2-1-3-6-13/h1-3,5-6,14-15H,4,7-12,17H2,(H,18,19)/t14-,15+/m1/s1. The van der Waals surface area contributed by atoms with Crippen LogP contribution in [0.5, 0.6) is 0 Å². The molecule has 1 aromatic carbocycles. The van der Waals surface area contributed by atoms with E-state index >= 15 is 0 Å². The van der Waals surface area contributed by atoms with Crippen LogP contribution in [0.25, 0.3) is 0 Å². The van der Waals surface area contributed by atoms with Crippen molar-refractivity contribution < 1.29 is 17.9 Å². The monoisotopic (exact) mass is 340 g/mol. The molecule has 2 rings (SSSR count). The summed E-state index contributed by atoms with van der Waals surface area (Å²) in [4.78, 5) is 11.9. The summed E-state index contributed by atoms with van der Waals surface area (Å²) in [5.74, 6) is -0.0911. The van der Waals surface area contributed by atoms with Crippen LogP contribution in [0.15, 0.2) is 30.3 Å². The van der Waals surface area contributed by atoms with Crippen molar-refractivity contribution in [3.63, 3.8) is 0 Å². The van der Waals surface area contributed by atoms with Gasteiger partial charge in [-0.3, -0.25) is 4.79 Å². The number of hydrogen-bond donors (Lipinski definition) is 2. The minimum atomic E-state index is -3.16. The number of carbonyl (C=O) groups is 1. The molecule has 1 amide bonds. The lowest BCUT2D eigenvalue weighted by atomic mass is 10.2. The molecule has 1 aliphatic heterocycles. The molecule has 0 spiro atoms. The predicted octanol–water partition coefficient (Wildman–Crippen LogP) is 0.614. The quantitative estimate of drug-likeness (QED) is 0.676. The first-order chi connectivity index (χ1) is 11.0. The Morgan fingerprint density at radius 3 is 2.65 bits per heavy atom. The van der Waals surface area contributed by atoms with Crippen molar-refractivity contribution in [2.24, 2.45) is 5.73 Å². The SMILES string of the molecule is NC[C@H]1CC[C@@H](C(=O)NCCCS(=O)(=O)Cc2ccccc2)O1. The zero-order valence-electron chi connectivity index (χ0n) is 13.1. The summed E-state index contributed by atoms with van der Waals surface area (Å²) in [5, 5.41) is 2.74. The van der Waals surface area contributed by atoms with E-state index in [2.05, 4.69) is 5.32 Å². The van der Waals surface area contributed by atoms with Gasteiger partial charge in [0.2, 0.25) is 5.91 Å². The molecule has 0 aliphatic carbocycles. The summed E-state index contributed by atoms with van der Waals surface area (Å²) in [6.45, 7) is 0.752. The fraction of sp³-hybridized carbons (Fsp3) is 0.562. The molecule has 1 fully saturated rings. The first kappa shape index (κ1) is 17.9. The molecule has 7 heteroatoms. The van der Waals surface area contributed by atoms with Crippen LogP contribution < -0.4 is 11.1 Å². The highest BCUT2D eigenvalue weighted by atomic mass is 32.2. The van der Waals surface area contributed by atoms with Crippen LogP contribution in [-0.2, 0) is 25.1 Å². The molecule has 23 heavy (non-hydrogen) atoms. The van der Waals surface area contributed by atoms with E-state index in [1.165, 1.54) is 0 Å². The maximum Gasteiger partial charge on any atom is 0.249 e. The molecule has 6 nitrogen and oxygen atoms in total. The highest BCUT2D eigenvalue weighted by Crippen LogP contribution is 2.18. The summed E-state index contributed by atoms with van der Waals surface area (Å²) in [6, 6.07) is 9.09. The average molecular weight is 340 g/mol. The first-order valence-electron chi connectivity index (χ1n) is 7.88. The van der Waals surface area contributed by atoms with Crippen LogP contribution in [-0.4, -0.2) is 45.4 Å². The number of ether oxygens (including phenoxy) is 1. The van der Waals surface area contributed by atoms with Gasteiger partial charge in [0.15, 0.2) is 9.84 Å². The number of benzene rings is 1. The molecule has 0 radical (unpaired) electrons. The molecular formula is C16H24N2O4S. The Labute approximate surface area is 137 Å². The predicted molar refractivity (Wildman–Crippen MR) is 88.5 cm³/mol. The lowest BCUT2D eigenvalue weighted by Gasteiger charge is -2.12. The Morgan fingerprint density at radius 2 is 2.00 bits per heavy atom. The van der Waals surface area contributed by atoms with Gasteiger partial charge in [-0.1, -0.05) is 30.3 Å². The topological polar surface area (TPSA) is 98.5 Å². The average Bonchev–Trinajstić information content (AvgIpc) is 3.01. The summed E-state index contributed by atoms with van der Waals surface area (Å²) in [5.41, 5.74) is 6.29. The van der Waals surface area contributed by atoms with Crippen molar-refractivity contribution >= 4 is 15.7 Å². The zero-order valence-corrected chi connectivity index (χ0v) is 13.9. The fourth-order valence-electron chi connectivity index (χ4n) is 2.59. The third kappa shape index (κ3) is 5.93. The van der Waals surface area contributed by atoms with Gasteiger partial charge in [-0.05, 0) is 24.8 Å². The van der Waals surface area contributed by atoms with Gasteiger partial charge >= 0.3 is 0 Å². The summed E-state index contributed by atoms with van der Waals surface area (Å²) in [7, 11) is -3.16. The molecule has 1 heterocycles. The Balaban J connectivity index is 1.67. The molecule has 1 saturated heterocycles. The molecule has 0 unspecified atom stereocenters. The number of sulfone groups is 1. The molecule has 128 valence electrons. The van der Waals surface area contributed by atoms with Gasteiger partial charge in [0, 0.05) is 13.1 Å². The first-order valence-corrected chi connectivity index (χ1v) is 9.70. The van der Waals surface area contributed by atoms with Gasteiger partial charge in [0.05, 0.1) is 17.6 Å². The molecule has 1 aromatic rings. The van der Waals surface area contributed by atoms with Crippen molar-refractivity contribution in [3.8, 4) is 0 Å². The molecule has 0 bridgehead atoms. The molecule has 1 aliphatic rings. The maximum atomic E-state index is 12.0. The highest BCUT2D eigenvalue weighted by Gasteiger charge is 2.29. The van der Waals surface area contributed by atoms with E-state index in [0.717, 1.165) is 12.0 Å². The van der Waals surface area contributed by atoms with Gasteiger partial charge in [-0.2, -0.15) is 0 Å². The number of carbonyl (C=O) groups excluding carboxylic acids is 1. The number of amides is 1. The van der Waals surface area contributed by atoms with Gasteiger partial charge in [0.1, 0.15) is 6.10 Å². The lowest BCUT2D eigenvalue weighted by molar-refractivity contribution is -0.131. The van der Waals surface area contributed by atoms with E-state index in [1.807, 2.05) is 18.2 Å². The van der Waals surface area contributed by atoms with Crippen LogP contribution in [0, 0.1) is 0 Å². The van der Waals surface area contributed by atoms with Crippen molar-refractivity contribution in [2.45, 2.75) is 37.2 Å².